The van der Waals surface area contributed by atoms with Gasteiger partial charge in [-0.3, -0.25) is 4.79 Å². The molecule has 1 aromatic heterocycles. The highest BCUT2D eigenvalue weighted by atomic mass is 32.2. The van der Waals surface area contributed by atoms with Gasteiger partial charge < -0.3 is 9.88 Å². The van der Waals surface area contributed by atoms with E-state index in [-0.39, 0.29) is 5.91 Å². The van der Waals surface area contributed by atoms with Gasteiger partial charge in [-0.1, -0.05) is 42.1 Å². The van der Waals surface area contributed by atoms with Crippen molar-refractivity contribution in [2.45, 2.75) is 42.9 Å². The number of amides is 1. The molecule has 1 amide bonds. The molecule has 0 bridgehead atoms. The number of benzene rings is 1. The maximum atomic E-state index is 11.9. The molecule has 114 valence electrons. The van der Waals surface area contributed by atoms with E-state index in [2.05, 4.69) is 39.1 Å². The highest BCUT2D eigenvalue weighted by Crippen LogP contribution is 2.41. The summed E-state index contributed by atoms with van der Waals surface area (Å²) in [6, 6.07) is 11.3. The van der Waals surface area contributed by atoms with Crippen LogP contribution >= 0.6 is 11.8 Å². The fraction of sp³-hybridized carbons (Fsp3) is 0.412. The van der Waals surface area contributed by atoms with E-state index in [1.807, 2.05) is 12.3 Å². The van der Waals surface area contributed by atoms with Crippen LogP contribution in [0.1, 0.15) is 31.7 Å². The Morgan fingerprint density at radius 3 is 2.68 bits per heavy atom. The summed E-state index contributed by atoms with van der Waals surface area (Å²) in [6.45, 7) is 0. The van der Waals surface area contributed by atoms with Crippen molar-refractivity contribution in [3.8, 4) is 11.3 Å². The normalized spacial score (nSPS) is 17.5. The first-order valence-electron chi connectivity index (χ1n) is 7.86. The lowest BCUT2D eigenvalue weighted by molar-refractivity contribution is -0.118. The molecule has 1 aromatic carbocycles. The molecule has 0 radical (unpaired) electrons. The Morgan fingerprint density at radius 1 is 1.23 bits per heavy atom. The van der Waals surface area contributed by atoms with E-state index in [1.54, 1.807) is 11.8 Å². The van der Waals surface area contributed by atoms with Crippen LogP contribution in [0.15, 0.2) is 41.7 Å². The molecule has 0 aliphatic heterocycles. The molecule has 0 saturated heterocycles. The third kappa shape index (κ3) is 3.04. The number of carbonyl (C=O) groups excluding carboxylic acids is 1. The Morgan fingerprint density at radius 2 is 2.00 bits per heavy atom. The average molecular weight is 313 g/mol. The molecule has 2 saturated carbocycles. The first-order chi connectivity index (χ1) is 10.8. The number of imidazole rings is 1. The van der Waals surface area contributed by atoms with Gasteiger partial charge in [0.05, 0.1) is 17.6 Å². The summed E-state index contributed by atoms with van der Waals surface area (Å²) in [5.74, 6) is 0.577. The van der Waals surface area contributed by atoms with Crippen LogP contribution < -0.4 is 5.32 Å². The summed E-state index contributed by atoms with van der Waals surface area (Å²) in [5.41, 5.74) is 2.35. The van der Waals surface area contributed by atoms with E-state index in [0.29, 0.717) is 17.8 Å². The topological polar surface area (TPSA) is 46.9 Å². The predicted molar refractivity (Wildman–Crippen MR) is 87.8 cm³/mol. The third-order valence-corrected chi connectivity index (χ3v) is 4.99. The lowest BCUT2D eigenvalue weighted by Gasteiger charge is -2.10. The smallest absolute Gasteiger partial charge is 0.230 e. The van der Waals surface area contributed by atoms with Gasteiger partial charge in [-0.2, -0.15) is 0 Å². The molecule has 2 aliphatic carbocycles. The summed E-state index contributed by atoms with van der Waals surface area (Å²) in [7, 11) is 0. The quantitative estimate of drug-likeness (QED) is 0.833. The second-order valence-electron chi connectivity index (χ2n) is 6.02. The highest BCUT2D eigenvalue weighted by molar-refractivity contribution is 7.99. The molecule has 1 heterocycles. The van der Waals surface area contributed by atoms with Crippen LogP contribution in [0.2, 0.25) is 0 Å². The predicted octanol–water partition coefficient (Wildman–Crippen LogP) is 3.26. The Labute approximate surface area is 134 Å². The molecule has 4 nitrogen and oxygen atoms in total. The molecule has 0 unspecified atom stereocenters. The Balaban J connectivity index is 1.52. The summed E-state index contributed by atoms with van der Waals surface area (Å²) in [4.78, 5) is 16.4. The van der Waals surface area contributed by atoms with Crippen LogP contribution in [0, 0.1) is 0 Å². The van der Waals surface area contributed by atoms with Crippen LogP contribution in [0.3, 0.4) is 0 Å². The van der Waals surface area contributed by atoms with Crippen LogP contribution in [-0.4, -0.2) is 27.3 Å². The third-order valence-electron chi connectivity index (χ3n) is 4.02. The number of hydrogen-bond donors (Lipinski definition) is 1. The molecule has 2 aliphatic rings. The van der Waals surface area contributed by atoms with Gasteiger partial charge in [-0.25, -0.2) is 4.98 Å². The largest absolute Gasteiger partial charge is 0.353 e. The number of rotatable bonds is 6. The number of thioether (sulfide) groups is 1. The van der Waals surface area contributed by atoms with Crippen LogP contribution in [-0.2, 0) is 4.79 Å². The Hall–Kier alpha value is -1.75. The molecule has 2 fully saturated rings. The molecule has 1 N–H and O–H groups in total. The van der Waals surface area contributed by atoms with Gasteiger partial charge in [-0.05, 0) is 31.2 Å². The average Bonchev–Trinajstić information content (AvgIpc) is 3.47. The highest BCUT2D eigenvalue weighted by Gasteiger charge is 2.29. The zero-order chi connectivity index (χ0) is 14.9. The minimum Gasteiger partial charge on any atom is -0.353 e. The fourth-order valence-electron chi connectivity index (χ4n) is 2.59. The van der Waals surface area contributed by atoms with Crippen LogP contribution in [0.25, 0.3) is 11.3 Å². The van der Waals surface area contributed by atoms with E-state index in [0.717, 1.165) is 23.7 Å². The van der Waals surface area contributed by atoms with Gasteiger partial charge in [0.15, 0.2) is 5.16 Å². The summed E-state index contributed by atoms with van der Waals surface area (Å²) in [6.07, 6.45) is 6.61. The minimum absolute atomic E-state index is 0.124. The summed E-state index contributed by atoms with van der Waals surface area (Å²) < 4.78 is 2.31. The molecule has 22 heavy (non-hydrogen) atoms. The van der Waals surface area contributed by atoms with Crippen molar-refractivity contribution in [2.75, 3.05) is 5.75 Å². The van der Waals surface area contributed by atoms with Gasteiger partial charge >= 0.3 is 0 Å². The molecule has 2 aromatic rings. The summed E-state index contributed by atoms with van der Waals surface area (Å²) >= 11 is 1.55. The number of nitrogens with zero attached hydrogens (tertiary/aromatic N) is 2. The van der Waals surface area contributed by atoms with E-state index in [1.165, 1.54) is 18.4 Å². The zero-order valence-electron chi connectivity index (χ0n) is 12.4. The maximum absolute atomic E-state index is 11.9. The van der Waals surface area contributed by atoms with Crippen LogP contribution in [0.4, 0.5) is 0 Å². The van der Waals surface area contributed by atoms with Gasteiger partial charge in [-0.15, -0.1) is 0 Å². The van der Waals surface area contributed by atoms with Crippen molar-refractivity contribution in [2.24, 2.45) is 0 Å². The lowest BCUT2D eigenvalue weighted by Crippen LogP contribution is -2.27. The number of hydrogen-bond acceptors (Lipinski definition) is 3. The number of aromatic nitrogens is 2. The maximum Gasteiger partial charge on any atom is 0.230 e. The fourth-order valence-corrected chi connectivity index (χ4v) is 3.44. The monoisotopic (exact) mass is 313 g/mol. The van der Waals surface area contributed by atoms with E-state index >= 15 is 0 Å². The number of nitrogens with one attached hydrogen (secondary N) is 1. The Kier molecular flexibility index (Phi) is 3.66. The SMILES string of the molecule is O=C(CSc1ncc(-c2ccccc2)n1C1CC1)NC1CC1. The molecular formula is C17H19N3OS. The zero-order valence-corrected chi connectivity index (χ0v) is 13.2. The van der Waals surface area contributed by atoms with Gasteiger partial charge in [0.25, 0.3) is 0 Å². The van der Waals surface area contributed by atoms with Crippen molar-refractivity contribution in [3.63, 3.8) is 0 Å². The van der Waals surface area contributed by atoms with Crippen molar-refractivity contribution in [1.29, 1.82) is 0 Å². The molecule has 5 heteroatoms. The molecular weight excluding hydrogens is 294 g/mol. The van der Waals surface area contributed by atoms with E-state index < -0.39 is 0 Å². The Bertz CT molecular complexity index is 674. The summed E-state index contributed by atoms with van der Waals surface area (Å²) in [5, 5.41) is 4.00. The lowest BCUT2D eigenvalue weighted by atomic mass is 10.2. The van der Waals surface area contributed by atoms with Crippen molar-refractivity contribution >= 4 is 17.7 Å². The molecule has 0 atom stereocenters. The first kappa shape index (κ1) is 13.9. The van der Waals surface area contributed by atoms with Gasteiger partial charge in [0.1, 0.15) is 0 Å². The second-order valence-corrected chi connectivity index (χ2v) is 6.97. The second kappa shape index (κ2) is 5.80. The molecule has 4 rings (SSSR count). The first-order valence-corrected chi connectivity index (χ1v) is 8.84. The van der Waals surface area contributed by atoms with E-state index in [4.69, 9.17) is 0 Å². The van der Waals surface area contributed by atoms with Crippen LogP contribution in [0.5, 0.6) is 0 Å². The van der Waals surface area contributed by atoms with Crippen molar-refractivity contribution in [3.05, 3.63) is 36.5 Å². The van der Waals surface area contributed by atoms with Gasteiger partial charge in [0, 0.05) is 12.1 Å². The van der Waals surface area contributed by atoms with Crippen molar-refractivity contribution in [1.82, 2.24) is 14.9 Å². The van der Waals surface area contributed by atoms with E-state index in [9.17, 15) is 4.79 Å². The number of carbonyl (C=O) groups is 1. The standard InChI is InChI=1S/C17H19N3OS/c21-16(19-13-6-7-13)11-22-17-18-10-15(20(17)14-8-9-14)12-4-2-1-3-5-12/h1-5,10,13-14H,6-9,11H2,(H,19,21). The minimum atomic E-state index is 0.124. The van der Waals surface area contributed by atoms with Gasteiger partial charge in [0.2, 0.25) is 5.91 Å². The van der Waals surface area contributed by atoms with Crippen molar-refractivity contribution < 1.29 is 4.79 Å². The molecule has 0 spiro atoms.